The minimum atomic E-state index is -3.94. The molecule has 8 nitrogen and oxygen atoms in total. The number of halogens is 1. The average molecular weight is 452 g/mol. The van der Waals surface area contributed by atoms with Gasteiger partial charge in [-0.05, 0) is 36.8 Å². The fourth-order valence-corrected chi connectivity index (χ4v) is 6.76. The number of sulfonamides is 1. The highest BCUT2D eigenvalue weighted by atomic mass is 35.5. The van der Waals surface area contributed by atoms with Crippen LogP contribution in [-0.2, 0) is 23.5 Å². The van der Waals surface area contributed by atoms with Gasteiger partial charge in [-0.25, -0.2) is 8.42 Å². The summed E-state index contributed by atoms with van der Waals surface area (Å²) >= 11 is 6.15. The maximum atomic E-state index is 13.2. The number of nitrogens with two attached hydrogens (primary N) is 1. The number of carbonyl (C=O) groups excluding carboxylic acids is 1. The standard InChI is InChI=1S/C20H26ClN5O3S/c1-24-19(21)18(17(23-24)20(22)27)30(28,29)26-12-15-10-25(11-16(15)13-26)9-5-8-14-6-3-2-4-7-14/h2-4,6-7,15-16H,5,8-13H2,1H3,(H2,22,27)/t15-,16?/m0/s1. The van der Waals surface area contributed by atoms with Crippen LogP contribution in [0.15, 0.2) is 35.2 Å². The van der Waals surface area contributed by atoms with Gasteiger partial charge in [0.25, 0.3) is 5.91 Å². The molecule has 1 amide bonds. The van der Waals surface area contributed by atoms with E-state index >= 15 is 0 Å². The summed E-state index contributed by atoms with van der Waals surface area (Å²) in [6.07, 6.45) is 2.13. The van der Waals surface area contributed by atoms with Gasteiger partial charge >= 0.3 is 0 Å². The summed E-state index contributed by atoms with van der Waals surface area (Å²) in [7, 11) is -2.45. The molecule has 1 unspecified atom stereocenters. The Labute approximate surface area is 181 Å². The molecule has 30 heavy (non-hydrogen) atoms. The van der Waals surface area contributed by atoms with Crippen LogP contribution in [-0.4, -0.2) is 66.0 Å². The first-order valence-electron chi connectivity index (χ1n) is 10.1. The zero-order chi connectivity index (χ0) is 21.5. The molecule has 10 heteroatoms. The van der Waals surface area contributed by atoms with Crippen molar-refractivity contribution in [1.82, 2.24) is 19.0 Å². The van der Waals surface area contributed by atoms with E-state index in [4.69, 9.17) is 17.3 Å². The molecule has 0 radical (unpaired) electrons. The van der Waals surface area contributed by atoms with E-state index in [9.17, 15) is 13.2 Å². The van der Waals surface area contributed by atoms with E-state index in [0.29, 0.717) is 13.1 Å². The molecular formula is C20H26ClN5O3S. The van der Waals surface area contributed by atoms with Crippen LogP contribution in [0.25, 0.3) is 0 Å². The van der Waals surface area contributed by atoms with E-state index < -0.39 is 15.9 Å². The van der Waals surface area contributed by atoms with Gasteiger partial charge in [-0.15, -0.1) is 0 Å². The van der Waals surface area contributed by atoms with Gasteiger partial charge in [0, 0.05) is 33.2 Å². The largest absolute Gasteiger partial charge is 0.364 e. The van der Waals surface area contributed by atoms with Crippen LogP contribution in [0.5, 0.6) is 0 Å². The number of rotatable bonds is 7. The molecule has 1 aromatic heterocycles. The maximum absolute atomic E-state index is 13.2. The first kappa shape index (κ1) is 21.3. The summed E-state index contributed by atoms with van der Waals surface area (Å²) in [5.74, 6) is -0.340. The van der Waals surface area contributed by atoms with Crippen molar-refractivity contribution in [2.75, 3.05) is 32.7 Å². The number of amides is 1. The highest BCUT2D eigenvalue weighted by molar-refractivity contribution is 7.89. The predicted octanol–water partition coefficient (Wildman–Crippen LogP) is 1.36. The topological polar surface area (TPSA) is 102 Å². The molecule has 0 saturated carbocycles. The lowest BCUT2D eigenvalue weighted by Crippen LogP contribution is -2.34. The smallest absolute Gasteiger partial charge is 0.270 e. The molecule has 2 N–H and O–H groups in total. The second-order valence-corrected chi connectivity index (χ2v) is 10.4. The minimum Gasteiger partial charge on any atom is -0.364 e. The minimum absolute atomic E-state index is 0.0941. The summed E-state index contributed by atoms with van der Waals surface area (Å²) in [5, 5.41) is 3.79. The van der Waals surface area contributed by atoms with E-state index in [-0.39, 0.29) is 27.6 Å². The summed E-state index contributed by atoms with van der Waals surface area (Å²) in [5.41, 5.74) is 6.36. The normalized spacial score (nSPS) is 22.5. The predicted molar refractivity (Wildman–Crippen MR) is 114 cm³/mol. The summed E-state index contributed by atoms with van der Waals surface area (Å²) in [6.45, 7) is 3.62. The Bertz CT molecular complexity index is 1030. The molecule has 4 rings (SSSR count). The molecule has 2 aliphatic rings. The van der Waals surface area contributed by atoms with Crippen LogP contribution in [0.2, 0.25) is 5.15 Å². The van der Waals surface area contributed by atoms with Crippen molar-refractivity contribution in [1.29, 1.82) is 0 Å². The molecule has 162 valence electrons. The van der Waals surface area contributed by atoms with Gasteiger partial charge < -0.3 is 10.6 Å². The molecule has 2 fully saturated rings. The highest BCUT2D eigenvalue weighted by Crippen LogP contribution is 2.36. The van der Waals surface area contributed by atoms with Gasteiger partial charge in [0.2, 0.25) is 10.0 Å². The molecule has 0 spiro atoms. The second-order valence-electron chi connectivity index (χ2n) is 8.15. The fourth-order valence-electron chi connectivity index (χ4n) is 4.58. The summed E-state index contributed by atoms with van der Waals surface area (Å²) < 4.78 is 29.0. The zero-order valence-corrected chi connectivity index (χ0v) is 18.4. The Kier molecular flexibility index (Phi) is 5.89. The van der Waals surface area contributed by atoms with Gasteiger partial charge in [0.1, 0.15) is 5.15 Å². The van der Waals surface area contributed by atoms with Crippen LogP contribution < -0.4 is 5.73 Å². The van der Waals surface area contributed by atoms with Crippen LogP contribution >= 0.6 is 11.6 Å². The molecule has 0 bridgehead atoms. The second kappa shape index (κ2) is 8.30. The van der Waals surface area contributed by atoms with Crippen molar-refractivity contribution < 1.29 is 13.2 Å². The van der Waals surface area contributed by atoms with Crippen LogP contribution in [0.3, 0.4) is 0 Å². The summed E-state index contributed by atoms with van der Waals surface area (Å²) in [6, 6.07) is 10.4. The zero-order valence-electron chi connectivity index (χ0n) is 16.9. The number of benzene rings is 1. The van der Waals surface area contributed by atoms with Crippen molar-refractivity contribution in [2.45, 2.75) is 17.7 Å². The third kappa shape index (κ3) is 3.99. The Morgan fingerprint density at radius 3 is 2.40 bits per heavy atom. The lowest BCUT2D eigenvalue weighted by molar-refractivity contribution is 0.0991. The van der Waals surface area contributed by atoms with Crippen molar-refractivity contribution in [3.05, 3.63) is 46.7 Å². The molecule has 0 aliphatic carbocycles. The van der Waals surface area contributed by atoms with Gasteiger partial charge in [0.05, 0.1) is 0 Å². The number of aromatic nitrogens is 2. The number of aryl methyl sites for hydroxylation is 2. The van der Waals surface area contributed by atoms with Gasteiger partial charge in [-0.1, -0.05) is 41.9 Å². The van der Waals surface area contributed by atoms with Gasteiger partial charge in [-0.2, -0.15) is 9.40 Å². The van der Waals surface area contributed by atoms with Crippen molar-refractivity contribution >= 4 is 27.5 Å². The first-order chi connectivity index (χ1) is 14.3. The van der Waals surface area contributed by atoms with Crippen LogP contribution in [0.1, 0.15) is 22.5 Å². The molecule has 2 aliphatic heterocycles. The molecule has 3 heterocycles. The lowest BCUT2D eigenvalue weighted by Gasteiger charge is -2.21. The first-order valence-corrected chi connectivity index (χ1v) is 11.9. The molecule has 2 aromatic rings. The third-order valence-corrected chi connectivity index (χ3v) is 8.51. The van der Waals surface area contributed by atoms with E-state index in [2.05, 4.69) is 34.3 Å². The lowest BCUT2D eigenvalue weighted by atomic mass is 10.0. The molecule has 2 atom stereocenters. The average Bonchev–Trinajstić information content (AvgIpc) is 3.35. The summed E-state index contributed by atoms with van der Waals surface area (Å²) in [4.78, 5) is 13.8. The number of carbonyl (C=O) groups is 1. The van der Waals surface area contributed by atoms with Gasteiger partial charge in [0.15, 0.2) is 10.6 Å². The van der Waals surface area contributed by atoms with Crippen LogP contribution in [0.4, 0.5) is 0 Å². The quantitative estimate of drug-likeness (QED) is 0.684. The molecule has 1 aromatic carbocycles. The van der Waals surface area contributed by atoms with E-state index in [1.807, 2.05) is 6.07 Å². The number of primary amides is 1. The Hall–Kier alpha value is -1.94. The fraction of sp³-hybridized carbons (Fsp3) is 0.500. The van der Waals surface area contributed by atoms with E-state index in [1.54, 1.807) is 0 Å². The number of nitrogens with zero attached hydrogens (tertiary/aromatic N) is 4. The van der Waals surface area contributed by atoms with E-state index in [0.717, 1.165) is 32.5 Å². The number of likely N-dealkylation sites (tertiary alicyclic amines) is 1. The van der Waals surface area contributed by atoms with Crippen molar-refractivity contribution in [3.63, 3.8) is 0 Å². The molecular weight excluding hydrogens is 426 g/mol. The Morgan fingerprint density at radius 1 is 1.17 bits per heavy atom. The van der Waals surface area contributed by atoms with Crippen molar-refractivity contribution in [3.8, 4) is 0 Å². The Morgan fingerprint density at radius 2 is 1.80 bits per heavy atom. The monoisotopic (exact) mass is 451 g/mol. The SMILES string of the molecule is Cn1nc(C(N)=O)c(S(=O)(=O)N2CC3CN(CCCc4ccccc4)C[C@H]3C2)c1Cl. The van der Waals surface area contributed by atoms with Gasteiger partial charge in [-0.3, -0.25) is 9.48 Å². The van der Waals surface area contributed by atoms with E-state index in [1.165, 1.54) is 21.6 Å². The third-order valence-electron chi connectivity index (χ3n) is 6.08. The number of hydrogen-bond donors (Lipinski definition) is 1. The number of fused-ring (bicyclic) bond motifs is 1. The Balaban J connectivity index is 1.38. The number of hydrogen-bond acceptors (Lipinski definition) is 5. The maximum Gasteiger partial charge on any atom is 0.270 e. The highest BCUT2D eigenvalue weighted by Gasteiger charge is 2.46. The van der Waals surface area contributed by atoms with Crippen molar-refractivity contribution in [2.24, 2.45) is 24.6 Å². The molecule has 2 saturated heterocycles. The van der Waals surface area contributed by atoms with Crippen LogP contribution in [0, 0.1) is 11.8 Å².